The van der Waals surface area contributed by atoms with E-state index in [4.69, 9.17) is 9.47 Å². The third kappa shape index (κ3) is 3.95. The fourth-order valence-corrected chi connectivity index (χ4v) is 2.17. The lowest BCUT2D eigenvalue weighted by Crippen LogP contribution is -2.14. The quantitative estimate of drug-likeness (QED) is 0.627. The minimum atomic E-state index is -0.492. The van der Waals surface area contributed by atoms with E-state index >= 15 is 0 Å². The molecule has 0 aromatic heterocycles. The van der Waals surface area contributed by atoms with Gasteiger partial charge in [0, 0.05) is 5.56 Å². The molecule has 0 aliphatic rings. The van der Waals surface area contributed by atoms with Crippen molar-refractivity contribution in [3.05, 3.63) is 64.7 Å². The third-order valence-electron chi connectivity index (χ3n) is 3.20. The number of hydrogen-bond donors (Lipinski definition) is 0. The number of methoxy groups -OCH3 is 1. The highest BCUT2D eigenvalue weighted by molar-refractivity contribution is 5.99. The van der Waals surface area contributed by atoms with E-state index < -0.39 is 5.97 Å². The molecule has 2 aromatic rings. The van der Waals surface area contributed by atoms with E-state index in [0.29, 0.717) is 16.9 Å². The largest absolute Gasteiger partial charge is 0.497 e. The van der Waals surface area contributed by atoms with Crippen LogP contribution in [-0.2, 0) is 4.74 Å². The van der Waals surface area contributed by atoms with Crippen LogP contribution in [0.4, 0.5) is 0 Å². The van der Waals surface area contributed by atoms with Gasteiger partial charge in [0.1, 0.15) is 5.75 Å². The van der Waals surface area contributed by atoms with Crippen LogP contribution in [0.25, 0.3) is 0 Å². The molecule has 0 bridgehead atoms. The summed E-state index contributed by atoms with van der Waals surface area (Å²) in [6.07, 6.45) is 0. The summed E-state index contributed by atoms with van der Waals surface area (Å²) in [7, 11) is 1.56. The molecule has 2 aromatic carbocycles. The summed E-state index contributed by atoms with van der Waals surface area (Å²) in [5.41, 5.74) is 2.90. The molecule has 0 heterocycles. The first-order valence-corrected chi connectivity index (χ1v) is 6.92. The van der Waals surface area contributed by atoms with Crippen LogP contribution in [0.5, 0.6) is 5.75 Å². The zero-order chi connectivity index (χ0) is 16.1. The Labute approximate surface area is 129 Å². The Hall–Kier alpha value is -2.62. The molecular weight excluding hydrogens is 280 g/mol. The minimum Gasteiger partial charge on any atom is -0.497 e. The molecule has 22 heavy (non-hydrogen) atoms. The first kappa shape index (κ1) is 15.8. The topological polar surface area (TPSA) is 52.6 Å². The number of hydrogen-bond acceptors (Lipinski definition) is 4. The van der Waals surface area contributed by atoms with Crippen molar-refractivity contribution in [2.75, 3.05) is 13.7 Å². The van der Waals surface area contributed by atoms with Gasteiger partial charge in [-0.05, 0) is 50.2 Å². The van der Waals surface area contributed by atoms with Gasteiger partial charge in [0.25, 0.3) is 0 Å². The smallest absolute Gasteiger partial charge is 0.338 e. The molecule has 4 heteroatoms. The predicted octanol–water partition coefficient (Wildman–Crippen LogP) is 3.35. The maximum Gasteiger partial charge on any atom is 0.338 e. The number of aryl methyl sites for hydroxylation is 2. The Morgan fingerprint density at radius 2 is 1.50 bits per heavy atom. The second-order valence-corrected chi connectivity index (χ2v) is 5.10. The van der Waals surface area contributed by atoms with Gasteiger partial charge in [-0.3, -0.25) is 4.79 Å². The Morgan fingerprint density at radius 1 is 0.909 bits per heavy atom. The molecule has 0 unspecified atom stereocenters. The van der Waals surface area contributed by atoms with Crippen molar-refractivity contribution in [2.45, 2.75) is 13.8 Å². The fraction of sp³-hybridized carbons (Fsp3) is 0.222. The molecule has 0 saturated heterocycles. The van der Waals surface area contributed by atoms with Crippen LogP contribution in [0.1, 0.15) is 31.8 Å². The summed E-state index contributed by atoms with van der Waals surface area (Å²) in [6, 6.07) is 12.1. The highest BCUT2D eigenvalue weighted by atomic mass is 16.5. The van der Waals surface area contributed by atoms with Crippen molar-refractivity contribution >= 4 is 11.8 Å². The van der Waals surface area contributed by atoms with Gasteiger partial charge in [0.2, 0.25) is 0 Å². The molecular formula is C18H18O4. The van der Waals surface area contributed by atoms with Crippen LogP contribution in [0, 0.1) is 13.8 Å². The molecule has 0 N–H and O–H groups in total. The monoisotopic (exact) mass is 298 g/mol. The van der Waals surface area contributed by atoms with E-state index in [1.54, 1.807) is 43.5 Å². The molecule has 114 valence electrons. The molecule has 0 saturated carbocycles. The third-order valence-corrected chi connectivity index (χ3v) is 3.20. The average Bonchev–Trinajstić information content (AvgIpc) is 2.51. The van der Waals surface area contributed by atoms with Gasteiger partial charge in [-0.1, -0.05) is 17.2 Å². The van der Waals surface area contributed by atoms with E-state index in [1.165, 1.54) is 0 Å². The lowest BCUT2D eigenvalue weighted by molar-refractivity contribution is 0.0474. The van der Waals surface area contributed by atoms with Crippen LogP contribution in [0.2, 0.25) is 0 Å². The Kier molecular flexibility index (Phi) is 4.94. The predicted molar refractivity (Wildman–Crippen MR) is 83.5 cm³/mol. The van der Waals surface area contributed by atoms with Gasteiger partial charge in [-0.25, -0.2) is 4.79 Å². The number of rotatable bonds is 5. The van der Waals surface area contributed by atoms with Gasteiger partial charge in [0.05, 0.1) is 12.7 Å². The summed E-state index contributed by atoms with van der Waals surface area (Å²) < 4.78 is 10.1. The van der Waals surface area contributed by atoms with Gasteiger partial charge in [0.15, 0.2) is 12.4 Å². The summed E-state index contributed by atoms with van der Waals surface area (Å²) in [5, 5.41) is 0. The number of ether oxygens (including phenoxy) is 2. The molecule has 0 amide bonds. The number of carbonyl (C=O) groups is 2. The van der Waals surface area contributed by atoms with Crippen LogP contribution in [-0.4, -0.2) is 25.5 Å². The molecule has 0 fully saturated rings. The van der Waals surface area contributed by atoms with Crippen LogP contribution >= 0.6 is 0 Å². The van der Waals surface area contributed by atoms with E-state index in [9.17, 15) is 9.59 Å². The first-order chi connectivity index (χ1) is 10.5. The average molecular weight is 298 g/mol. The second-order valence-electron chi connectivity index (χ2n) is 5.10. The van der Waals surface area contributed by atoms with Crippen molar-refractivity contribution in [1.29, 1.82) is 0 Å². The normalized spacial score (nSPS) is 10.1. The van der Waals surface area contributed by atoms with Crippen molar-refractivity contribution in [3.63, 3.8) is 0 Å². The standard InChI is InChI=1S/C18H18O4/c1-12-8-13(2)10-15(9-12)18(20)22-11-17(19)14-4-6-16(21-3)7-5-14/h4-10H,11H2,1-3H3. The number of esters is 1. The SMILES string of the molecule is COc1ccc(C(=O)COC(=O)c2cc(C)cc(C)c2)cc1. The highest BCUT2D eigenvalue weighted by Gasteiger charge is 2.12. The number of carbonyl (C=O) groups excluding carboxylic acids is 2. The number of ketones is 1. The highest BCUT2D eigenvalue weighted by Crippen LogP contribution is 2.13. The van der Waals surface area contributed by atoms with Crippen molar-refractivity contribution < 1.29 is 19.1 Å². The summed E-state index contributed by atoms with van der Waals surface area (Å²) in [5.74, 6) is -0.0715. The zero-order valence-corrected chi connectivity index (χ0v) is 12.9. The van der Waals surface area contributed by atoms with Crippen LogP contribution in [0.15, 0.2) is 42.5 Å². The molecule has 2 rings (SSSR count). The Balaban J connectivity index is 1.99. The maximum atomic E-state index is 12.0. The fourth-order valence-electron chi connectivity index (χ4n) is 2.17. The second kappa shape index (κ2) is 6.89. The van der Waals surface area contributed by atoms with Crippen LogP contribution in [0.3, 0.4) is 0 Å². The molecule has 0 radical (unpaired) electrons. The molecule has 0 atom stereocenters. The Bertz CT molecular complexity index is 666. The molecule has 0 spiro atoms. The maximum absolute atomic E-state index is 12.0. The van der Waals surface area contributed by atoms with Crippen molar-refractivity contribution in [2.24, 2.45) is 0 Å². The van der Waals surface area contributed by atoms with E-state index in [-0.39, 0.29) is 12.4 Å². The van der Waals surface area contributed by atoms with Gasteiger partial charge >= 0.3 is 5.97 Å². The lowest BCUT2D eigenvalue weighted by Gasteiger charge is -2.07. The zero-order valence-electron chi connectivity index (χ0n) is 12.9. The molecule has 0 aliphatic heterocycles. The minimum absolute atomic E-state index is 0.250. The Morgan fingerprint density at radius 3 is 2.05 bits per heavy atom. The summed E-state index contributed by atoms with van der Waals surface area (Å²) in [4.78, 5) is 24.0. The number of Topliss-reactive ketones (excluding diaryl/α,β-unsaturated/α-hetero) is 1. The van der Waals surface area contributed by atoms with E-state index in [1.807, 2.05) is 19.9 Å². The molecule has 4 nitrogen and oxygen atoms in total. The van der Waals surface area contributed by atoms with E-state index in [2.05, 4.69) is 0 Å². The van der Waals surface area contributed by atoms with Crippen molar-refractivity contribution in [3.8, 4) is 5.75 Å². The van der Waals surface area contributed by atoms with Gasteiger partial charge in [-0.15, -0.1) is 0 Å². The van der Waals surface area contributed by atoms with Crippen molar-refractivity contribution in [1.82, 2.24) is 0 Å². The lowest BCUT2D eigenvalue weighted by atomic mass is 10.1. The number of benzene rings is 2. The summed E-state index contributed by atoms with van der Waals surface area (Å²) in [6.45, 7) is 3.54. The van der Waals surface area contributed by atoms with Gasteiger partial charge < -0.3 is 9.47 Å². The molecule has 0 aliphatic carbocycles. The summed E-state index contributed by atoms with van der Waals surface area (Å²) >= 11 is 0. The first-order valence-electron chi connectivity index (χ1n) is 6.92. The van der Waals surface area contributed by atoms with Gasteiger partial charge in [-0.2, -0.15) is 0 Å². The van der Waals surface area contributed by atoms with E-state index in [0.717, 1.165) is 11.1 Å². The van der Waals surface area contributed by atoms with Crippen LogP contribution < -0.4 is 4.74 Å².